The third-order valence-electron chi connectivity index (χ3n) is 3.86. The molecule has 1 aliphatic carbocycles. The summed E-state index contributed by atoms with van der Waals surface area (Å²) in [5.74, 6) is -0.199. The maximum absolute atomic E-state index is 13.2. The van der Waals surface area contributed by atoms with E-state index in [-0.39, 0.29) is 11.4 Å². The molecule has 2 heteroatoms. The molecule has 92 valence electrons. The fourth-order valence-corrected chi connectivity index (χ4v) is 3.02. The quantitative estimate of drug-likeness (QED) is 0.815. The summed E-state index contributed by atoms with van der Waals surface area (Å²) >= 11 is 0. The van der Waals surface area contributed by atoms with Crippen molar-refractivity contribution in [2.45, 2.75) is 25.3 Å². The van der Waals surface area contributed by atoms with Crippen molar-refractivity contribution in [2.24, 2.45) is 5.73 Å². The second-order valence-corrected chi connectivity index (χ2v) is 5.24. The van der Waals surface area contributed by atoms with Gasteiger partial charge < -0.3 is 5.73 Å². The lowest BCUT2D eigenvalue weighted by Crippen LogP contribution is -2.38. The number of fused-ring (bicyclic) bond motifs is 1. The summed E-state index contributed by atoms with van der Waals surface area (Å²) in [7, 11) is 0. The van der Waals surface area contributed by atoms with Crippen LogP contribution in [0.15, 0.2) is 42.5 Å². The Labute approximate surface area is 106 Å². The summed E-state index contributed by atoms with van der Waals surface area (Å²) in [5, 5.41) is 0. The van der Waals surface area contributed by atoms with Crippen molar-refractivity contribution in [1.82, 2.24) is 0 Å². The molecule has 0 spiro atoms. The molecule has 3 rings (SSSR count). The molecule has 1 nitrogen and oxygen atoms in total. The van der Waals surface area contributed by atoms with Crippen molar-refractivity contribution in [1.29, 1.82) is 0 Å². The minimum absolute atomic E-state index is 0.199. The van der Waals surface area contributed by atoms with E-state index in [1.165, 1.54) is 17.2 Å². The van der Waals surface area contributed by atoms with E-state index in [0.29, 0.717) is 0 Å². The maximum Gasteiger partial charge on any atom is 0.123 e. The number of nitrogens with two attached hydrogens (primary N) is 1. The predicted octanol–water partition coefficient (Wildman–Crippen LogP) is 3.09. The summed E-state index contributed by atoms with van der Waals surface area (Å²) < 4.78 is 13.2. The van der Waals surface area contributed by atoms with E-state index in [4.69, 9.17) is 5.73 Å². The van der Waals surface area contributed by atoms with Crippen molar-refractivity contribution in [3.63, 3.8) is 0 Å². The van der Waals surface area contributed by atoms with Crippen LogP contribution in [0.4, 0.5) is 4.39 Å². The van der Waals surface area contributed by atoms with Crippen molar-refractivity contribution in [3.05, 3.63) is 70.5 Å². The second-order valence-electron chi connectivity index (χ2n) is 5.24. The largest absolute Gasteiger partial charge is 0.321 e. The van der Waals surface area contributed by atoms with Gasteiger partial charge in [0.1, 0.15) is 5.82 Å². The zero-order chi connectivity index (χ0) is 12.8. The predicted molar refractivity (Wildman–Crippen MR) is 70.9 cm³/mol. The van der Waals surface area contributed by atoms with E-state index in [9.17, 15) is 4.39 Å². The van der Waals surface area contributed by atoms with Gasteiger partial charge in [-0.25, -0.2) is 4.39 Å². The Morgan fingerprint density at radius 1 is 1.06 bits per heavy atom. The van der Waals surface area contributed by atoms with Crippen LogP contribution < -0.4 is 5.73 Å². The number of rotatable bonds is 1. The minimum atomic E-state index is -0.387. The summed E-state index contributed by atoms with van der Waals surface area (Å²) in [4.78, 5) is 0. The Hall–Kier alpha value is -1.67. The summed E-state index contributed by atoms with van der Waals surface area (Å²) in [5.41, 5.74) is 10.8. The number of hydrogen-bond donors (Lipinski definition) is 1. The van der Waals surface area contributed by atoms with Gasteiger partial charge in [-0.2, -0.15) is 0 Å². The van der Waals surface area contributed by atoms with Crippen LogP contribution in [0, 0.1) is 12.7 Å². The molecule has 2 aromatic carbocycles. The number of halogens is 1. The molecule has 0 atom stereocenters. The first-order chi connectivity index (χ1) is 8.58. The SMILES string of the molecule is Cc1cc(F)ccc1C1(N)Cc2ccccc2C1. The molecule has 0 bridgehead atoms. The molecule has 0 fully saturated rings. The molecule has 18 heavy (non-hydrogen) atoms. The normalized spacial score (nSPS) is 16.6. The van der Waals surface area contributed by atoms with Crippen molar-refractivity contribution >= 4 is 0 Å². The molecule has 1 aliphatic rings. The van der Waals surface area contributed by atoms with Crippen LogP contribution >= 0.6 is 0 Å². The molecule has 0 aliphatic heterocycles. The molecule has 0 amide bonds. The molecule has 0 saturated heterocycles. The highest BCUT2D eigenvalue weighted by molar-refractivity contribution is 5.43. The molecule has 0 aromatic heterocycles. The number of hydrogen-bond acceptors (Lipinski definition) is 1. The first-order valence-corrected chi connectivity index (χ1v) is 6.21. The highest BCUT2D eigenvalue weighted by Crippen LogP contribution is 2.37. The molecule has 0 saturated carbocycles. The van der Waals surface area contributed by atoms with E-state index in [2.05, 4.69) is 12.1 Å². The van der Waals surface area contributed by atoms with Gasteiger partial charge in [0.05, 0.1) is 0 Å². The van der Waals surface area contributed by atoms with Gasteiger partial charge in [0.2, 0.25) is 0 Å². The van der Waals surface area contributed by atoms with E-state index >= 15 is 0 Å². The van der Waals surface area contributed by atoms with Crippen LogP contribution in [-0.2, 0) is 18.4 Å². The maximum atomic E-state index is 13.2. The second kappa shape index (κ2) is 3.92. The molecule has 2 N–H and O–H groups in total. The monoisotopic (exact) mass is 241 g/mol. The summed E-state index contributed by atoms with van der Waals surface area (Å²) in [6, 6.07) is 13.2. The first kappa shape index (κ1) is 11.4. The number of benzene rings is 2. The van der Waals surface area contributed by atoms with E-state index in [1.54, 1.807) is 6.07 Å². The average Bonchev–Trinajstić information content (AvgIpc) is 2.65. The van der Waals surface area contributed by atoms with E-state index in [1.807, 2.05) is 25.1 Å². The highest BCUT2D eigenvalue weighted by atomic mass is 19.1. The molecular weight excluding hydrogens is 225 g/mol. The lowest BCUT2D eigenvalue weighted by molar-refractivity contribution is 0.469. The molecule has 0 heterocycles. The fourth-order valence-electron chi connectivity index (χ4n) is 3.02. The van der Waals surface area contributed by atoms with Gasteiger partial charge in [0, 0.05) is 5.54 Å². The lowest BCUT2D eigenvalue weighted by Gasteiger charge is -2.26. The Morgan fingerprint density at radius 2 is 1.67 bits per heavy atom. The van der Waals surface area contributed by atoms with Crippen LogP contribution in [0.25, 0.3) is 0 Å². The molecule has 2 aromatic rings. The molecule has 0 unspecified atom stereocenters. The third-order valence-corrected chi connectivity index (χ3v) is 3.86. The zero-order valence-electron chi connectivity index (χ0n) is 10.4. The van der Waals surface area contributed by atoms with Crippen molar-refractivity contribution < 1.29 is 4.39 Å². The van der Waals surface area contributed by atoms with Crippen molar-refractivity contribution in [2.75, 3.05) is 0 Å². The van der Waals surface area contributed by atoms with Gasteiger partial charge in [-0.15, -0.1) is 0 Å². The third kappa shape index (κ3) is 1.73. The van der Waals surface area contributed by atoms with Gasteiger partial charge >= 0.3 is 0 Å². The Bertz CT molecular complexity index is 579. The van der Waals surface area contributed by atoms with Crippen LogP contribution in [0.5, 0.6) is 0 Å². The van der Waals surface area contributed by atoms with Gasteiger partial charge in [0.25, 0.3) is 0 Å². The van der Waals surface area contributed by atoms with Crippen LogP contribution in [-0.4, -0.2) is 0 Å². The number of aryl methyl sites for hydroxylation is 1. The van der Waals surface area contributed by atoms with Crippen LogP contribution in [0.2, 0.25) is 0 Å². The Balaban J connectivity index is 2.04. The summed E-state index contributed by atoms with van der Waals surface area (Å²) in [6.07, 6.45) is 1.66. The lowest BCUT2D eigenvalue weighted by atomic mass is 9.85. The molecular formula is C16H16FN. The van der Waals surface area contributed by atoms with Crippen LogP contribution in [0.1, 0.15) is 22.3 Å². The Morgan fingerprint density at radius 3 is 2.22 bits per heavy atom. The first-order valence-electron chi connectivity index (χ1n) is 6.21. The molecule has 0 radical (unpaired) electrons. The van der Waals surface area contributed by atoms with Gasteiger partial charge in [-0.1, -0.05) is 30.3 Å². The van der Waals surface area contributed by atoms with Gasteiger partial charge in [0.15, 0.2) is 0 Å². The zero-order valence-corrected chi connectivity index (χ0v) is 10.4. The Kier molecular flexibility index (Phi) is 2.49. The van der Waals surface area contributed by atoms with Gasteiger partial charge in [-0.05, 0) is 54.2 Å². The van der Waals surface area contributed by atoms with E-state index in [0.717, 1.165) is 24.0 Å². The van der Waals surface area contributed by atoms with Gasteiger partial charge in [-0.3, -0.25) is 0 Å². The minimum Gasteiger partial charge on any atom is -0.321 e. The fraction of sp³-hybridized carbons (Fsp3) is 0.250. The highest BCUT2D eigenvalue weighted by Gasteiger charge is 2.35. The smallest absolute Gasteiger partial charge is 0.123 e. The summed E-state index contributed by atoms with van der Waals surface area (Å²) in [6.45, 7) is 1.93. The van der Waals surface area contributed by atoms with E-state index < -0.39 is 0 Å². The average molecular weight is 241 g/mol. The standard InChI is InChI=1S/C16H16FN/c1-11-8-14(17)6-7-15(11)16(18)9-12-4-2-3-5-13(12)10-16/h2-8H,9-10,18H2,1H3. The van der Waals surface area contributed by atoms with Crippen LogP contribution in [0.3, 0.4) is 0 Å². The van der Waals surface area contributed by atoms with Crippen molar-refractivity contribution in [3.8, 4) is 0 Å². The topological polar surface area (TPSA) is 26.0 Å².